The average Bonchev–Trinajstić information content (AvgIpc) is 2.26. The van der Waals surface area contributed by atoms with Gasteiger partial charge >= 0.3 is 5.97 Å². The summed E-state index contributed by atoms with van der Waals surface area (Å²) in [4.78, 5) is 10.6. The Balaban J connectivity index is 2.48. The first-order valence-corrected chi connectivity index (χ1v) is 7.24. The summed E-state index contributed by atoms with van der Waals surface area (Å²) in [5, 5.41) is 8.68. The van der Waals surface area contributed by atoms with Gasteiger partial charge in [0.05, 0.1) is 5.92 Å². The maximum absolute atomic E-state index is 11.8. The third kappa shape index (κ3) is 4.25. The van der Waals surface area contributed by atoms with Gasteiger partial charge in [0.15, 0.2) is 0 Å². The average molecular weight is 264 g/mol. The predicted molar refractivity (Wildman–Crippen MR) is 63.7 cm³/mol. The van der Waals surface area contributed by atoms with E-state index >= 15 is 0 Å². The molecule has 1 saturated heterocycles. The molecule has 1 fully saturated rings. The molecule has 0 saturated carbocycles. The summed E-state index contributed by atoms with van der Waals surface area (Å²) in [5.41, 5.74) is 0. The SMILES string of the molecule is CC1CCN(S(=O)(=O)NCC(C)C(=O)O)CC1. The van der Waals surface area contributed by atoms with Gasteiger partial charge in [-0.05, 0) is 18.8 Å². The fourth-order valence-electron chi connectivity index (χ4n) is 1.63. The molecular formula is C10H20N2O4S. The molecule has 17 heavy (non-hydrogen) atoms. The lowest BCUT2D eigenvalue weighted by Gasteiger charge is -2.29. The Kier molecular flexibility index (Phi) is 4.91. The normalized spacial score (nSPS) is 21.3. The molecule has 0 aromatic rings. The third-order valence-electron chi connectivity index (χ3n) is 3.08. The number of rotatable bonds is 5. The summed E-state index contributed by atoms with van der Waals surface area (Å²) in [6, 6.07) is 0. The van der Waals surface area contributed by atoms with Gasteiger partial charge in [0, 0.05) is 19.6 Å². The Labute approximate surface area is 102 Å². The van der Waals surface area contributed by atoms with Crippen molar-refractivity contribution >= 4 is 16.2 Å². The second-order valence-electron chi connectivity index (χ2n) is 4.67. The lowest BCUT2D eigenvalue weighted by atomic mass is 10.0. The number of aliphatic carboxylic acids is 1. The highest BCUT2D eigenvalue weighted by molar-refractivity contribution is 7.87. The number of hydrogen-bond acceptors (Lipinski definition) is 3. The number of nitrogens with one attached hydrogen (secondary N) is 1. The highest BCUT2D eigenvalue weighted by atomic mass is 32.2. The largest absolute Gasteiger partial charge is 0.481 e. The van der Waals surface area contributed by atoms with Gasteiger partial charge in [-0.3, -0.25) is 4.79 Å². The van der Waals surface area contributed by atoms with E-state index in [0.717, 1.165) is 12.8 Å². The molecule has 1 aliphatic heterocycles. The van der Waals surface area contributed by atoms with E-state index < -0.39 is 22.1 Å². The number of hydrogen-bond donors (Lipinski definition) is 2. The summed E-state index contributed by atoms with van der Waals surface area (Å²) in [5.74, 6) is -1.16. The number of nitrogens with zero attached hydrogens (tertiary/aromatic N) is 1. The Morgan fingerprint density at radius 3 is 2.47 bits per heavy atom. The van der Waals surface area contributed by atoms with Crippen molar-refractivity contribution in [2.24, 2.45) is 11.8 Å². The van der Waals surface area contributed by atoms with Crippen LogP contribution in [0.25, 0.3) is 0 Å². The molecule has 0 amide bonds. The fraction of sp³-hybridized carbons (Fsp3) is 0.900. The second-order valence-corrected chi connectivity index (χ2v) is 6.43. The first-order chi connectivity index (χ1) is 7.83. The van der Waals surface area contributed by atoms with Crippen LogP contribution in [0, 0.1) is 11.8 Å². The van der Waals surface area contributed by atoms with Crippen molar-refractivity contribution in [2.75, 3.05) is 19.6 Å². The lowest BCUT2D eigenvalue weighted by molar-refractivity contribution is -0.140. The highest BCUT2D eigenvalue weighted by Crippen LogP contribution is 2.17. The lowest BCUT2D eigenvalue weighted by Crippen LogP contribution is -2.46. The van der Waals surface area contributed by atoms with Gasteiger partial charge in [-0.15, -0.1) is 0 Å². The van der Waals surface area contributed by atoms with Crippen molar-refractivity contribution in [2.45, 2.75) is 26.7 Å². The van der Waals surface area contributed by atoms with Crippen molar-refractivity contribution in [3.8, 4) is 0 Å². The van der Waals surface area contributed by atoms with Gasteiger partial charge in [0.1, 0.15) is 0 Å². The topological polar surface area (TPSA) is 86.7 Å². The van der Waals surface area contributed by atoms with Crippen molar-refractivity contribution in [3.05, 3.63) is 0 Å². The summed E-state index contributed by atoms with van der Waals surface area (Å²) in [6.45, 7) is 4.53. The van der Waals surface area contributed by atoms with Gasteiger partial charge in [-0.25, -0.2) is 4.72 Å². The first kappa shape index (κ1) is 14.4. The third-order valence-corrected chi connectivity index (χ3v) is 4.65. The van der Waals surface area contributed by atoms with Gasteiger partial charge < -0.3 is 5.11 Å². The van der Waals surface area contributed by atoms with Gasteiger partial charge in [-0.1, -0.05) is 13.8 Å². The van der Waals surface area contributed by atoms with Crippen LogP contribution >= 0.6 is 0 Å². The van der Waals surface area contributed by atoms with Crippen LogP contribution in [0.5, 0.6) is 0 Å². The van der Waals surface area contributed by atoms with E-state index in [1.54, 1.807) is 0 Å². The quantitative estimate of drug-likeness (QED) is 0.746. The first-order valence-electron chi connectivity index (χ1n) is 5.80. The number of carboxylic acids is 1. The summed E-state index contributed by atoms with van der Waals surface area (Å²) in [6.07, 6.45) is 1.71. The second kappa shape index (κ2) is 5.79. The van der Waals surface area contributed by atoms with E-state index in [0.29, 0.717) is 19.0 Å². The molecule has 1 unspecified atom stereocenters. The van der Waals surface area contributed by atoms with E-state index in [9.17, 15) is 13.2 Å². The molecule has 2 N–H and O–H groups in total. The molecule has 0 aromatic heterocycles. The van der Waals surface area contributed by atoms with E-state index in [-0.39, 0.29) is 6.54 Å². The molecule has 0 aromatic carbocycles. The van der Waals surface area contributed by atoms with Crippen molar-refractivity contribution in [1.82, 2.24) is 9.03 Å². The number of piperidine rings is 1. The van der Waals surface area contributed by atoms with Crippen LogP contribution in [0.3, 0.4) is 0 Å². The molecule has 0 aliphatic carbocycles. The minimum atomic E-state index is -3.52. The van der Waals surface area contributed by atoms with E-state index in [2.05, 4.69) is 11.6 Å². The van der Waals surface area contributed by atoms with Crippen molar-refractivity contribution in [3.63, 3.8) is 0 Å². The molecule has 0 spiro atoms. The molecule has 1 heterocycles. The molecule has 100 valence electrons. The Bertz CT molecular complexity index is 361. The highest BCUT2D eigenvalue weighted by Gasteiger charge is 2.26. The van der Waals surface area contributed by atoms with Crippen LogP contribution in [-0.4, -0.2) is 43.4 Å². The molecular weight excluding hydrogens is 244 g/mol. The van der Waals surface area contributed by atoms with Gasteiger partial charge in [0.25, 0.3) is 10.2 Å². The summed E-state index contributed by atoms with van der Waals surface area (Å²) >= 11 is 0. The zero-order valence-electron chi connectivity index (χ0n) is 10.2. The molecule has 7 heteroatoms. The zero-order valence-corrected chi connectivity index (χ0v) is 11.0. The van der Waals surface area contributed by atoms with Crippen LogP contribution in [-0.2, 0) is 15.0 Å². The Morgan fingerprint density at radius 2 is 2.00 bits per heavy atom. The van der Waals surface area contributed by atoms with Crippen LogP contribution in [0.4, 0.5) is 0 Å². The van der Waals surface area contributed by atoms with Crippen molar-refractivity contribution < 1.29 is 18.3 Å². The minimum absolute atomic E-state index is 0.0658. The van der Waals surface area contributed by atoms with Crippen molar-refractivity contribution in [1.29, 1.82) is 0 Å². The number of carboxylic acid groups (broad SMARTS) is 1. The Hall–Kier alpha value is -0.660. The minimum Gasteiger partial charge on any atom is -0.481 e. The number of carbonyl (C=O) groups is 1. The summed E-state index contributed by atoms with van der Waals surface area (Å²) < 4.78 is 27.4. The Morgan fingerprint density at radius 1 is 1.47 bits per heavy atom. The predicted octanol–water partition coefficient (Wildman–Crippen LogP) is 0.273. The van der Waals surface area contributed by atoms with Crippen LogP contribution in [0.2, 0.25) is 0 Å². The van der Waals surface area contributed by atoms with Gasteiger partial charge in [0.2, 0.25) is 0 Å². The maximum atomic E-state index is 11.8. The molecule has 0 radical (unpaired) electrons. The maximum Gasteiger partial charge on any atom is 0.307 e. The molecule has 0 bridgehead atoms. The fourth-order valence-corrected chi connectivity index (χ4v) is 2.97. The monoisotopic (exact) mass is 264 g/mol. The molecule has 6 nitrogen and oxygen atoms in total. The van der Waals surface area contributed by atoms with E-state index in [1.807, 2.05) is 0 Å². The van der Waals surface area contributed by atoms with Crippen LogP contribution < -0.4 is 4.72 Å². The smallest absolute Gasteiger partial charge is 0.307 e. The van der Waals surface area contributed by atoms with Gasteiger partial charge in [-0.2, -0.15) is 12.7 Å². The summed E-state index contributed by atoms with van der Waals surface area (Å²) in [7, 11) is -3.52. The van der Waals surface area contributed by atoms with Crippen LogP contribution in [0.1, 0.15) is 26.7 Å². The molecule has 1 rings (SSSR count). The molecule has 1 atom stereocenters. The van der Waals surface area contributed by atoms with Crippen LogP contribution in [0.15, 0.2) is 0 Å². The molecule has 1 aliphatic rings. The zero-order chi connectivity index (χ0) is 13.1. The van der Waals surface area contributed by atoms with E-state index in [4.69, 9.17) is 5.11 Å². The van der Waals surface area contributed by atoms with E-state index in [1.165, 1.54) is 11.2 Å². The standard InChI is InChI=1S/C10H20N2O4S/c1-8-3-5-12(6-4-8)17(15,16)11-7-9(2)10(13)14/h8-9,11H,3-7H2,1-2H3,(H,13,14).